The van der Waals surface area contributed by atoms with Crippen LogP contribution in [0.1, 0.15) is 16.8 Å². The van der Waals surface area contributed by atoms with Crippen LogP contribution in [0.5, 0.6) is 0 Å². The van der Waals surface area contributed by atoms with Gasteiger partial charge < -0.3 is 10.6 Å². The van der Waals surface area contributed by atoms with Gasteiger partial charge in [0.2, 0.25) is 0 Å². The maximum Gasteiger partial charge on any atom is 0.270 e. The fourth-order valence-corrected chi connectivity index (χ4v) is 2.07. The van der Waals surface area contributed by atoms with Crippen LogP contribution in [0, 0.1) is 10.1 Å². The molecule has 6 nitrogen and oxygen atoms in total. The van der Waals surface area contributed by atoms with Crippen molar-refractivity contribution in [1.29, 1.82) is 0 Å². The van der Waals surface area contributed by atoms with Crippen molar-refractivity contribution in [3.63, 3.8) is 0 Å². The molecule has 1 fully saturated rings. The Kier molecular flexibility index (Phi) is 3.93. The number of halogens is 2. The number of rotatable bonds is 3. The number of amides is 1. The number of carbonyl (C=O) groups is 1. The zero-order valence-corrected chi connectivity index (χ0v) is 10.4. The fourth-order valence-electron chi connectivity index (χ4n) is 2.07. The second-order valence-corrected chi connectivity index (χ2v) is 4.67. The minimum atomic E-state index is -2.86. The van der Waals surface area contributed by atoms with E-state index < -0.39 is 35.8 Å². The summed E-state index contributed by atoms with van der Waals surface area (Å²) in [5.74, 6) is -3.46. The van der Waals surface area contributed by atoms with E-state index in [2.05, 4.69) is 10.6 Å². The SMILES string of the molecule is O=C(N[C@@H]1CNCC(F)(F)C1)c1cccc([N+](=O)[O-])c1. The quantitative estimate of drug-likeness (QED) is 0.648. The van der Waals surface area contributed by atoms with E-state index in [0.717, 1.165) is 6.07 Å². The number of non-ortho nitro benzene ring substituents is 1. The summed E-state index contributed by atoms with van der Waals surface area (Å²) in [6, 6.07) is 4.44. The molecule has 0 spiro atoms. The Morgan fingerprint density at radius 2 is 2.25 bits per heavy atom. The maximum atomic E-state index is 13.2. The van der Waals surface area contributed by atoms with Crippen molar-refractivity contribution < 1.29 is 18.5 Å². The van der Waals surface area contributed by atoms with Crippen molar-refractivity contribution in [2.75, 3.05) is 13.1 Å². The van der Waals surface area contributed by atoms with Gasteiger partial charge in [-0.1, -0.05) is 6.07 Å². The second-order valence-electron chi connectivity index (χ2n) is 4.67. The molecule has 1 amide bonds. The van der Waals surface area contributed by atoms with Crippen LogP contribution in [0.3, 0.4) is 0 Å². The van der Waals surface area contributed by atoms with Crippen LogP contribution in [-0.2, 0) is 0 Å². The van der Waals surface area contributed by atoms with Gasteiger partial charge in [0.1, 0.15) is 0 Å². The number of hydrogen-bond acceptors (Lipinski definition) is 4. The zero-order valence-electron chi connectivity index (χ0n) is 10.4. The lowest BCUT2D eigenvalue weighted by molar-refractivity contribution is -0.384. The molecule has 0 saturated carbocycles. The van der Waals surface area contributed by atoms with E-state index in [9.17, 15) is 23.7 Å². The van der Waals surface area contributed by atoms with Gasteiger partial charge in [-0.25, -0.2) is 8.78 Å². The van der Waals surface area contributed by atoms with Crippen molar-refractivity contribution >= 4 is 11.6 Å². The third-order valence-electron chi connectivity index (χ3n) is 2.97. The average molecular weight is 285 g/mol. The first kappa shape index (κ1) is 14.3. The highest BCUT2D eigenvalue weighted by atomic mass is 19.3. The standard InChI is InChI=1S/C12H13F2N3O3/c13-12(14)5-9(6-15-7-12)16-11(18)8-2-1-3-10(4-8)17(19)20/h1-4,9,15H,5-7H2,(H,16,18)/t9-/m0/s1. The predicted molar refractivity (Wildman–Crippen MR) is 66.8 cm³/mol. The van der Waals surface area contributed by atoms with E-state index in [1.807, 2.05) is 0 Å². The fraction of sp³-hybridized carbons (Fsp3) is 0.417. The first-order valence-corrected chi connectivity index (χ1v) is 6.01. The number of piperidine rings is 1. The van der Waals surface area contributed by atoms with E-state index >= 15 is 0 Å². The molecule has 20 heavy (non-hydrogen) atoms. The van der Waals surface area contributed by atoms with Crippen LogP contribution < -0.4 is 10.6 Å². The van der Waals surface area contributed by atoms with Crippen LogP contribution in [-0.4, -0.2) is 35.9 Å². The molecular formula is C12H13F2N3O3. The summed E-state index contributed by atoms with van der Waals surface area (Å²) in [6.45, 7) is -0.160. The van der Waals surface area contributed by atoms with Gasteiger partial charge in [0.15, 0.2) is 0 Å². The van der Waals surface area contributed by atoms with E-state index in [1.54, 1.807) is 0 Å². The number of alkyl halides is 2. The molecule has 0 bridgehead atoms. The van der Waals surface area contributed by atoms with Crippen molar-refractivity contribution in [2.45, 2.75) is 18.4 Å². The highest BCUT2D eigenvalue weighted by molar-refractivity contribution is 5.95. The van der Waals surface area contributed by atoms with E-state index in [0.29, 0.717) is 0 Å². The summed E-state index contributed by atoms with van der Waals surface area (Å²) in [7, 11) is 0. The highest BCUT2D eigenvalue weighted by Crippen LogP contribution is 2.22. The largest absolute Gasteiger partial charge is 0.348 e. The summed E-state index contributed by atoms with van der Waals surface area (Å²) in [6.07, 6.45) is -0.444. The smallest absolute Gasteiger partial charge is 0.270 e. The number of nitrogens with one attached hydrogen (secondary N) is 2. The molecule has 1 aromatic carbocycles. The number of nitrogens with zero attached hydrogens (tertiary/aromatic N) is 1. The second kappa shape index (κ2) is 5.49. The van der Waals surface area contributed by atoms with Crippen LogP contribution in [0.15, 0.2) is 24.3 Å². The van der Waals surface area contributed by atoms with Gasteiger partial charge >= 0.3 is 0 Å². The minimum absolute atomic E-state index is 0.0769. The van der Waals surface area contributed by atoms with Crippen molar-refractivity contribution in [3.05, 3.63) is 39.9 Å². The van der Waals surface area contributed by atoms with Gasteiger partial charge in [0, 0.05) is 36.7 Å². The Hall–Kier alpha value is -2.09. The first-order valence-electron chi connectivity index (χ1n) is 6.01. The molecule has 108 valence electrons. The van der Waals surface area contributed by atoms with E-state index in [1.165, 1.54) is 18.2 Å². The van der Waals surface area contributed by atoms with E-state index in [4.69, 9.17) is 0 Å². The van der Waals surface area contributed by atoms with Gasteiger partial charge in [-0.05, 0) is 6.07 Å². The molecule has 1 aliphatic rings. The Morgan fingerprint density at radius 1 is 1.50 bits per heavy atom. The Balaban J connectivity index is 2.05. The van der Waals surface area contributed by atoms with Gasteiger partial charge in [0.05, 0.1) is 11.5 Å². The van der Waals surface area contributed by atoms with Gasteiger partial charge in [0.25, 0.3) is 17.5 Å². The number of benzene rings is 1. The summed E-state index contributed by atoms with van der Waals surface area (Å²) >= 11 is 0. The van der Waals surface area contributed by atoms with Gasteiger partial charge in [-0.3, -0.25) is 14.9 Å². The minimum Gasteiger partial charge on any atom is -0.348 e. The molecule has 1 saturated heterocycles. The monoisotopic (exact) mass is 285 g/mol. The van der Waals surface area contributed by atoms with Crippen LogP contribution in [0.25, 0.3) is 0 Å². The Morgan fingerprint density at radius 3 is 2.90 bits per heavy atom. The summed E-state index contributed by atoms with van der Waals surface area (Å²) in [5.41, 5.74) is -0.141. The molecule has 1 atom stereocenters. The molecule has 1 heterocycles. The lowest BCUT2D eigenvalue weighted by atomic mass is 10.0. The summed E-state index contributed by atoms with van der Waals surface area (Å²) in [4.78, 5) is 21.9. The van der Waals surface area contributed by atoms with Crippen LogP contribution >= 0.6 is 0 Å². The van der Waals surface area contributed by atoms with Crippen molar-refractivity contribution in [2.24, 2.45) is 0 Å². The normalized spacial score (nSPS) is 21.2. The average Bonchev–Trinajstić information content (AvgIpc) is 2.37. The molecular weight excluding hydrogens is 272 g/mol. The third-order valence-corrected chi connectivity index (χ3v) is 2.97. The van der Waals surface area contributed by atoms with E-state index in [-0.39, 0.29) is 17.8 Å². The van der Waals surface area contributed by atoms with Crippen LogP contribution in [0.4, 0.5) is 14.5 Å². The highest BCUT2D eigenvalue weighted by Gasteiger charge is 2.36. The predicted octanol–water partition coefficient (Wildman–Crippen LogP) is 1.32. The maximum absolute atomic E-state index is 13.2. The zero-order chi connectivity index (χ0) is 14.8. The van der Waals surface area contributed by atoms with Crippen molar-refractivity contribution in [1.82, 2.24) is 10.6 Å². The number of hydrogen-bond donors (Lipinski definition) is 2. The molecule has 2 N–H and O–H groups in total. The van der Waals surface area contributed by atoms with Gasteiger partial charge in [-0.15, -0.1) is 0 Å². The third kappa shape index (κ3) is 3.47. The van der Waals surface area contributed by atoms with Crippen molar-refractivity contribution in [3.8, 4) is 0 Å². The number of nitro benzene ring substituents is 1. The molecule has 0 aliphatic carbocycles. The summed E-state index contributed by atoms with van der Waals surface area (Å²) in [5, 5.41) is 15.6. The number of carbonyl (C=O) groups excluding carboxylic acids is 1. The molecule has 0 aromatic heterocycles. The molecule has 0 unspecified atom stereocenters. The molecule has 1 aromatic rings. The lowest BCUT2D eigenvalue weighted by Crippen LogP contribution is -2.53. The summed E-state index contributed by atoms with van der Waals surface area (Å²) < 4.78 is 26.3. The molecule has 0 radical (unpaired) electrons. The Bertz CT molecular complexity index is 536. The topological polar surface area (TPSA) is 84.3 Å². The lowest BCUT2D eigenvalue weighted by Gasteiger charge is -2.30. The molecule has 8 heteroatoms. The molecule has 2 rings (SSSR count). The Labute approximate surface area is 113 Å². The molecule has 1 aliphatic heterocycles. The van der Waals surface area contributed by atoms with Crippen LogP contribution in [0.2, 0.25) is 0 Å². The first-order chi connectivity index (χ1) is 9.37. The number of nitro groups is 1. The van der Waals surface area contributed by atoms with Gasteiger partial charge in [-0.2, -0.15) is 0 Å².